The van der Waals surface area contributed by atoms with Gasteiger partial charge in [-0.25, -0.2) is 4.39 Å². The summed E-state index contributed by atoms with van der Waals surface area (Å²) in [7, 11) is 0. The first-order valence-electron chi connectivity index (χ1n) is 10.9. The van der Waals surface area contributed by atoms with Crippen LogP contribution in [-0.4, -0.2) is 28.6 Å². The molecule has 1 saturated carbocycles. The Morgan fingerprint density at radius 3 is 2.23 bits per heavy atom. The van der Waals surface area contributed by atoms with Crippen LogP contribution in [-0.2, 0) is 16.1 Å². The molecule has 2 aromatic rings. The molecule has 0 heterocycles. The van der Waals surface area contributed by atoms with Gasteiger partial charge in [0.1, 0.15) is 17.7 Å². The van der Waals surface area contributed by atoms with Crippen molar-refractivity contribution in [3.05, 3.63) is 71.0 Å². The lowest BCUT2D eigenvalue weighted by molar-refractivity contribution is -0.140. The van der Waals surface area contributed by atoms with Crippen LogP contribution in [0.15, 0.2) is 48.5 Å². The Bertz CT molecular complexity index is 862. The number of hydrogen-bond acceptors (Lipinski definition) is 2. The quantitative estimate of drug-likeness (QED) is 0.466. The van der Waals surface area contributed by atoms with Gasteiger partial charge in [0.25, 0.3) is 0 Å². The Balaban J connectivity index is 1.92. The molecule has 2 amide bonds. The largest absolute Gasteiger partial charge is 0.351 e. The van der Waals surface area contributed by atoms with Crippen LogP contribution in [0.4, 0.5) is 4.39 Å². The summed E-state index contributed by atoms with van der Waals surface area (Å²) in [6.45, 7) is 2.15. The molecule has 0 saturated heterocycles. The van der Waals surface area contributed by atoms with Gasteiger partial charge in [0.05, 0.1) is 0 Å². The van der Waals surface area contributed by atoms with Crippen LogP contribution in [0.5, 0.6) is 0 Å². The summed E-state index contributed by atoms with van der Waals surface area (Å²) < 4.78 is 13.4. The van der Waals surface area contributed by atoms with Gasteiger partial charge in [0, 0.05) is 12.6 Å². The lowest BCUT2D eigenvalue weighted by atomic mass is 10.0. The third kappa shape index (κ3) is 6.54. The zero-order valence-corrected chi connectivity index (χ0v) is 18.7. The van der Waals surface area contributed by atoms with Gasteiger partial charge in [0.15, 0.2) is 0 Å². The van der Waals surface area contributed by atoms with E-state index in [9.17, 15) is 14.0 Å². The summed E-state index contributed by atoms with van der Waals surface area (Å²) in [6.07, 6.45) is 6.48. The number of carbonyl (C=O) groups is 2. The average Bonchev–Trinajstić information content (AvgIpc) is 3.04. The molecule has 0 unspecified atom stereocenters. The number of alkyl halides is 1. The van der Waals surface area contributed by atoms with Crippen molar-refractivity contribution in [1.29, 1.82) is 0 Å². The molecule has 0 spiro atoms. The first-order valence-corrected chi connectivity index (χ1v) is 11.5. The normalized spacial score (nSPS) is 15.7. The maximum absolute atomic E-state index is 13.5. The van der Waals surface area contributed by atoms with Crippen molar-refractivity contribution in [3.63, 3.8) is 0 Å². The van der Waals surface area contributed by atoms with Crippen molar-refractivity contribution in [2.75, 3.05) is 5.88 Å². The van der Waals surface area contributed by atoms with Crippen LogP contribution in [0.3, 0.4) is 0 Å². The molecule has 1 N–H and O–H groups in total. The number of aryl methyl sites for hydroxylation is 1. The minimum atomic E-state index is -0.805. The lowest BCUT2D eigenvalue weighted by Crippen LogP contribution is -2.46. The van der Waals surface area contributed by atoms with E-state index in [2.05, 4.69) is 5.32 Å². The first kappa shape index (κ1) is 23.3. The highest BCUT2D eigenvalue weighted by Gasteiger charge is 2.32. The number of hydrogen-bond donors (Lipinski definition) is 1. The Kier molecular flexibility index (Phi) is 8.47. The predicted molar refractivity (Wildman–Crippen MR) is 121 cm³/mol. The van der Waals surface area contributed by atoms with Gasteiger partial charge in [-0.2, -0.15) is 0 Å². The molecular formula is C25H30ClFN2O2. The highest BCUT2D eigenvalue weighted by Crippen LogP contribution is 2.26. The maximum atomic E-state index is 13.5. The van der Waals surface area contributed by atoms with Crippen molar-refractivity contribution >= 4 is 23.4 Å². The van der Waals surface area contributed by atoms with E-state index in [1.165, 1.54) is 29.9 Å². The zero-order valence-electron chi connectivity index (χ0n) is 17.9. The van der Waals surface area contributed by atoms with Crippen LogP contribution in [0.1, 0.15) is 61.3 Å². The standard InChI is InChI=1S/C25H30ClFN2O2/c1-18-8-12-20(13-9-18)24(25(31)28-22-6-4-2-3-5-7-22)29(23(30)16-26)17-19-10-14-21(27)15-11-19/h8-15,22,24H,2-7,16-17H2,1H3,(H,28,31)/t24-/m1/s1. The molecule has 31 heavy (non-hydrogen) atoms. The van der Waals surface area contributed by atoms with E-state index in [0.29, 0.717) is 0 Å². The van der Waals surface area contributed by atoms with Gasteiger partial charge in [-0.05, 0) is 43.0 Å². The van der Waals surface area contributed by atoms with Crippen LogP contribution in [0.25, 0.3) is 0 Å². The summed E-state index contributed by atoms with van der Waals surface area (Å²) >= 11 is 5.93. The predicted octanol–water partition coefficient (Wildman–Crippen LogP) is 5.28. The van der Waals surface area contributed by atoms with Crippen LogP contribution in [0, 0.1) is 12.7 Å². The number of halogens is 2. The van der Waals surface area contributed by atoms with Gasteiger partial charge >= 0.3 is 0 Å². The fourth-order valence-electron chi connectivity index (χ4n) is 4.11. The number of nitrogens with one attached hydrogen (secondary N) is 1. The molecule has 1 aliphatic carbocycles. The van der Waals surface area contributed by atoms with E-state index >= 15 is 0 Å². The SMILES string of the molecule is Cc1ccc([C@H](C(=O)NC2CCCCCC2)N(Cc2ccc(F)cc2)C(=O)CCl)cc1. The summed E-state index contributed by atoms with van der Waals surface area (Å²) in [5, 5.41) is 3.19. The van der Waals surface area contributed by atoms with E-state index in [1.54, 1.807) is 12.1 Å². The highest BCUT2D eigenvalue weighted by molar-refractivity contribution is 6.27. The summed E-state index contributed by atoms with van der Waals surface area (Å²) in [6, 6.07) is 12.9. The van der Waals surface area contributed by atoms with Crippen molar-refractivity contribution in [2.24, 2.45) is 0 Å². The molecule has 4 nitrogen and oxygen atoms in total. The Morgan fingerprint density at radius 2 is 1.65 bits per heavy atom. The third-order valence-corrected chi connectivity index (χ3v) is 6.08. The van der Waals surface area contributed by atoms with Crippen LogP contribution in [0.2, 0.25) is 0 Å². The second-order valence-corrected chi connectivity index (χ2v) is 8.56. The van der Waals surface area contributed by atoms with Gasteiger partial charge < -0.3 is 10.2 Å². The minimum Gasteiger partial charge on any atom is -0.351 e. The van der Waals surface area contributed by atoms with Crippen molar-refractivity contribution < 1.29 is 14.0 Å². The fraction of sp³-hybridized carbons (Fsp3) is 0.440. The van der Waals surface area contributed by atoms with Gasteiger partial charge in [-0.3, -0.25) is 9.59 Å². The number of amides is 2. The van der Waals surface area contributed by atoms with Crippen LogP contribution >= 0.6 is 11.6 Å². The molecule has 6 heteroatoms. The Morgan fingerprint density at radius 1 is 1.03 bits per heavy atom. The molecule has 1 atom stereocenters. The Labute approximate surface area is 188 Å². The number of benzene rings is 2. The Hall–Kier alpha value is -2.40. The van der Waals surface area contributed by atoms with Gasteiger partial charge in [-0.1, -0.05) is 67.6 Å². The van der Waals surface area contributed by atoms with E-state index < -0.39 is 6.04 Å². The fourth-order valence-corrected chi connectivity index (χ4v) is 4.27. The van der Waals surface area contributed by atoms with E-state index in [4.69, 9.17) is 11.6 Å². The topological polar surface area (TPSA) is 49.4 Å². The molecule has 166 valence electrons. The molecule has 0 aliphatic heterocycles. The monoisotopic (exact) mass is 444 g/mol. The molecule has 0 bridgehead atoms. The van der Waals surface area contributed by atoms with E-state index in [-0.39, 0.29) is 36.1 Å². The molecule has 0 aromatic heterocycles. The summed E-state index contributed by atoms with van der Waals surface area (Å²) in [4.78, 5) is 27.9. The molecular weight excluding hydrogens is 415 g/mol. The molecule has 1 aliphatic rings. The smallest absolute Gasteiger partial charge is 0.247 e. The molecule has 0 radical (unpaired) electrons. The highest BCUT2D eigenvalue weighted by atomic mass is 35.5. The number of rotatable bonds is 7. The number of nitrogens with zero attached hydrogens (tertiary/aromatic N) is 1. The minimum absolute atomic E-state index is 0.113. The molecule has 2 aromatic carbocycles. The third-order valence-electron chi connectivity index (χ3n) is 5.86. The van der Waals surface area contributed by atoms with Crippen LogP contribution < -0.4 is 5.32 Å². The van der Waals surface area contributed by atoms with E-state index in [1.807, 2.05) is 31.2 Å². The van der Waals surface area contributed by atoms with Crippen molar-refractivity contribution in [3.8, 4) is 0 Å². The maximum Gasteiger partial charge on any atom is 0.247 e. The second kappa shape index (κ2) is 11.3. The molecule has 3 rings (SSSR count). The lowest BCUT2D eigenvalue weighted by Gasteiger charge is -2.32. The van der Waals surface area contributed by atoms with Crippen molar-refractivity contribution in [2.45, 2.75) is 64.1 Å². The zero-order chi connectivity index (χ0) is 22.2. The van der Waals surface area contributed by atoms with Gasteiger partial charge in [-0.15, -0.1) is 11.6 Å². The average molecular weight is 445 g/mol. The second-order valence-electron chi connectivity index (χ2n) is 8.29. The van der Waals surface area contributed by atoms with E-state index in [0.717, 1.165) is 42.4 Å². The molecule has 1 fully saturated rings. The first-order chi connectivity index (χ1) is 15.0. The summed E-state index contributed by atoms with van der Waals surface area (Å²) in [5.41, 5.74) is 2.54. The van der Waals surface area contributed by atoms with Crippen molar-refractivity contribution in [1.82, 2.24) is 10.2 Å². The number of carbonyl (C=O) groups excluding carboxylic acids is 2. The summed E-state index contributed by atoms with van der Waals surface area (Å²) in [5.74, 6) is -1.12. The van der Waals surface area contributed by atoms with Gasteiger partial charge in [0.2, 0.25) is 11.8 Å².